The molecule has 0 radical (unpaired) electrons. The van der Waals surface area contributed by atoms with E-state index in [9.17, 15) is 13.2 Å². The van der Waals surface area contributed by atoms with Gasteiger partial charge >= 0.3 is 0 Å². The lowest BCUT2D eigenvalue weighted by Crippen LogP contribution is -2.04. The fraction of sp³-hybridized carbons (Fsp3) is 0.400. The van der Waals surface area contributed by atoms with E-state index in [0.29, 0.717) is 19.1 Å². The number of ether oxygens (including phenoxy) is 2. The summed E-state index contributed by atoms with van der Waals surface area (Å²) in [6.45, 7) is 3.73. The van der Waals surface area contributed by atoms with Crippen LogP contribution in [0.1, 0.15) is 20.3 Å². The Hall–Kier alpha value is -1.89. The van der Waals surface area contributed by atoms with Gasteiger partial charge in [-0.05, 0) is 13.8 Å². The molecule has 1 aromatic carbocycles. The lowest BCUT2D eigenvalue weighted by molar-refractivity contribution is 0.126. The quantitative estimate of drug-likeness (QED) is 0.364. The van der Waals surface area contributed by atoms with Crippen molar-refractivity contribution in [1.29, 1.82) is 0 Å². The predicted octanol–water partition coefficient (Wildman–Crippen LogP) is 4.82. The third-order valence-electron chi connectivity index (χ3n) is 2.33. The Morgan fingerprint density at radius 2 is 1.96 bits per heavy atom. The summed E-state index contributed by atoms with van der Waals surface area (Å²) in [5.41, 5.74) is 0.790. The topological polar surface area (TPSA) is 40.0 Å². The highest BCUT2D eigenvalue weighted by Gasteiger charge is 2.12. The van der Waals surface area contributed by atoms with Crippen molar-refractivity contribution in [2.45, 2.75) is 20.3 Å². The number of halogens is 4. The molecular weight excluding hydrogens is 335 g/mol. The molecule has 0 aromatic heterocycles. The van der Waals surface area contributed by atoms with E-state index in [0.717, 1.165) is 11.8 Å². The third kappa shape index (κ3) is 7.78. The Labute approximate surface area is 137 Å². The van der Waals surface area contributed by atoms with E-state index in [2.05, 4.69) is 5.16 Å². The molecule has 1 aromatic rings. The first-order chi connectivity index (χ1) is 10.9. The molecule has 0 N–H and O–H groups in total. The van der Waals surface area contributed by atoms with Crippen molar-refractivity contribution in [2.75, 3.05) is 19.8 Å². The molecule has 0 amide bonds. The van der Waals surface area contributed by atoms with Crippen molar-refractivity contribution in [1.82, 2.24) is 0 Å². The molecule has 23 heavy (non-hydrogen) atoms. The zero-order valence-electron chi connectivity index (χ0n) is 12.7. The van der Waals surface area contributed by atoms with Crippen LogP contribution < -0.4 is 9.47 Å². The van der Waals surface area contributed by atoms with Crippen LogP contribution in [0.15, 0.2) is 29.4 Å². The SMILES string of the molecule is CC(C)=NOCCCOc1c(F)cc(OCC=C(F)F)cc1Cl. The van der Waals surface area contributed by atoms with Crippen LogP contribution in [0.3, 0.4) is 0 Å². The van der Waals surface area contributed by atoms with Gasteiger partial charge in [0, 0.05) is 24.6 Å². The molecule has 0 saturated heterocycles. The van der Waals surface area contributed by atoms with Crippen molar-refractivity contribution in [3.63, 3.8) is 0 Å². The van der Waals surface area contributed by atoms with Gasteiger partial charge in [-0.15, -0.1) is 0 Å². The van der Waals surface area contributed by atoms with Gasteiger partial charge in [-0.3, -0.25) is 0 Å². The molecule has 0 heterocycles. The Balaban J connectivity index is 2.50. The maximum Gasteiger partial charge on any atom is 0.269 e. The minimum Gasteiger partial charge on any atom is -0.489 e. The summed E-state index contributed by atoms with van der Waals surface area (Å²) in [4.78, 5) is 4.97. The molecule has 0 atom stereocenters. The van der Waals surface area contributed by atoms with E-state index >= 15 is 0 Å². The molecule has 0 bridgehead atoms. The first kappa shape index (κ1) is 19.2. The molecular formula is C15H17ClF3NO3. The Bertz CT molecular complexity index is 548. The zero-order valence-corrected chi connectivity index (χ0v) is 13.5. The van der Waals surface area contributed by atoms with E-state index in [-0.39, 0.29) is 29.7 Å². The van der Waals surface area contributed by atoms with Gasteiger partial charge in [0.25, 0.3) is 6.08 Å². The number of rotatable bonds is 9. The Morgan fingerprint density at radius 3 is 2.57 bits per heavy atom. The summed E-state index contributed by atoms with van der Waals surface area (Å²) >= 11 is 5.90. The van der Waals surface area contributed by atoms with E-state index in [4.69, 9.17) is 25.9 Å². The Kier molecular flexibility index (Phi) is 8.32. The van der Waals surface area contributed by atoms with Crippen molar-refractivity contribution >= 4 is 17.3 Å². The van der Waals surface area contributed by atoms with Gasteiger partial charge in [-0.1, -0.05) is 16.8 Å². The van der Waals surface area contributed by atoms with Crippen LogP contribution in [0, 0.1) is 5.82 Å². The monoisotopic (exact) mass is 351 g/mol. The number of hydrogen-bond donors (Lipinski definition) is 0. The standard InChI is InChI=1S/C15H17ClF3NO3/c1-10(2)20-23-6-3-5-22-15-12(16)8-11(9-13(15)17)21-7-4-14(18)19/h4,8-9H,3,5-7H2,1-2H3. The van der Waals surface area contributed by atoms with Gasteiger partial charge in [0.05, 0.1) is 17.3 Å². The van der Waals surface area contributed by atoms with E-state index in [1.165, 1.54) is 6.07 Å². The molecule has 0 fully saturated rings. The summed E-state index contributed by atoms with van der Waals surface area (Å²) in [7, 11) is 0. The summed E-state index contributed by atoms with van der Waals surface area (Å²) in [6.07, 6.45) is -0.816. The van der Waals surface area contributed by atoms with Gasteiger partial charge in [0.2, 0.25) is 0 Å². The highest BCUT2D eigenvalue weighted by molar-refractivity contribution is 6.32. The van der Waals surface area contributed by atoms with Gasteiger partial charge in [-0.25, -0.2) is 4.39 Å². The lowest BCUT2D eigenvalue weighted by atomic mass is 10.3. The van der Waals surface area contributed by atoms with E-state index < -0.39 is 11.9 Å². The highest BCUT2D eigenvalue weighted by atomic mass is 35.5. The molecule has 0 saturated carbocycles. The van der Waals surface area contributed by atoms with Crippen LogP contribution in [-0.4, -0.2) is 25.5 Å². The zero-order chi connectivity index (χ0) is 17.2. The van der Waals surface area contributed by atoms with Crippen LogP contribution in [-0.2, 0) is 4.84 Å². The fourth-order valence-corrected chi connectivity index (χ4v) is 1.68. The maximum absolute atomic E-state index is 13.9. The highest BCUT2D eigenvalue weighted by Crippen LogP contribution is 2.32. The second kappa shape index (κ2) is 9.99. The molecule has 8 heteroatoms. The predicted molar refractivity (Wildman–Crippen MR) is 82.1 cm³/mol. The molecule has 0 aliphatic rings. The van der Waals surface area contributed by atoms with E-state index in [1.807, 2.05) is 0 Å². The number of benzene rings is 1. The summed E-state index contributed by atoms with van der Waals surface area (Å²) < 4.78 is 47.8. The maximum atomic E-state index is 13.9. The van der Waals surface area contributed by atoms with Gasteiger partial charge < -0.3 is 14.3 Å². The molecule has 0 aliphatic heterocycles. The fourth-order valence-electron chi connectivity index (χ4n) is 1.43. The molecule has 4 nitrogen and oxygen atoms in total. The van der Waals surface area contributed by atoms with Gasteiger partial charge in [0.15, 0.2) is 11.6 Å². The van der Waals surface area contributed by atoms with Crippen LogP contribution in [0.4, 0.5) is 13.2 Å². The van der Waals surface area contributed by atoms with Crippen molar-refractivity contribution < 1.29 is 27.5 Å². The van der Waals surface area contributed by atoms with Crippen molar-refractivity contribution in [2.24, 2.45) is 5.16 Å². The second-order valence-corrected chi connectivity index (χ2v) is 5.00. The lowest BCUT2D eigenvalue weighted by Gasteiger charge is -2.11. The minimum absolute atomic E-state index is 0.00644. The van der Waals surface area contributed by atoms with Crippen LogP contribution in [0.25, 0.3) is 0 Å². The molecule has 0 unspecified atom stereocenters. The molecule has 0 spiro atoms. The average molecular weight is 352 g/mol. The first-order valence-corrected chi connectivity index (χ1v) is 7.17. The smallest absolute Gasteiger partial charge is 0.269 e. The number of nitrogens with zero attached hydrogens (tertiary/aromatic N) is 1. The van der Waals surface area contributed by atoms with Crippen molar-refractivity contribution in [3.8, 4) is 11.5 Å². The third-order valence-corrected chi connectivity index (χ3v) is 2.61. The number of hydrogen-bond acceptors (Lipinski definition) is 4. The second-order valence-electron chi connectivity index (χ2n) is 4.59. The van der Waals surface area contributed by atoms with E-state index in [1.54, 1.807) is 13.8 Å². The summed E-state index contributed by atoms with van der Waals surface area (Å²) in [5, 5.41) is 3.74. The Morgan fingerprint density at radius 1 is 1.22 bits per heavy atom. The van der Waals surface area contributed by atoms with Crippen molar-refractivity contribution in [3.05, 3.63) is 35.1 Å². The van der Waals surface area contributed by atoms with Crippen LogP contribution in [0.5, 0.6) is 11.5 Å². The largest absolute Gasteiger partial charge is 0.489 e. The summed E-state index contributed by atoms with van der Waals surface area (Å²) in [6, 6.07) is 2.32. The molecule has 128 valence electrons. The van der Waals surface area contributed by atoms with Crippen LogP contribution >= 0.6 is 11.6 Å². The number of oxime groups is 1. The van der Waals surface area contributed by atoms with Gasteiger partial charge in [-0.2, -0.15) is 8.78 Å². The minimum atomic E-state index is -1.87. The molecule has 1 rings (SSSR count). The van der Waals surface area contributed by atoms with Gasteiger partial charge in [0.1, 0.15) is 19.0 Å². The van der Waals surface area contributed by atoms with Crippen LogP contribution in [0.2, 0.25) is 5.02 Å². The normalized spacial score (nSPS) is 10.0. The summed E-state index contributed by atoms with van der Waals surface area (Å²) in [5.74, 6) is -0.824. The first-order valence-electron chi connectivity index (χ1n) is 6.79. The molecule has 0 aliphatic carbocycles. The average Bonchev–Trinajstić information content (AvgIpc) is 2.44.